The van der Waals surface area contributed by atoms with E-state index in [4.69, 9.17) is 14.9 Å². The van der Waals surface area contributed by atoms with Crippen LogP contribution in [0.5, 0.6) is 5.75 Å². The highest BCUT2D eigenvalue weighted by Gasteiger charge is 2.28. The van der Waals surface area contributed by atoms with E-state index in [0.717, 1.165) is 24.5 Å². The summed E-state index contributed by atoms with van der Waals surface area (Å²) >= 11 is 0. The van der Waals surface area contributed by atoms with E-state index in [0.29, 0.717) is 0 Å². The maximum Gasteiger partial charge on any atom is 0.122 e. The van der Waals surface area contributed by atoms with Gasteiger partial charge in [-0.3, -0.25) is 0 Å². The van der Waals surface area contributed by atoms with Crippen LogP contribution in [0.3, 0.4) is 0 Å². The summed E-state index contributed by atoms with van der Waals surface area (Å²) in [5.41, 5.74) is 7.46. The zero-order valence-corrected chi connectivity index (χ0v) is 9.50. The molecule has 0 saturated carbocycles. The first-order valence-corrected chi connectivity index (χ1v) is 5.87. The first kappa shape index (κ1) is 10.4. The van der Waals surface area contributed by atoms with E-state index in [1.165, 1.54) is 5.56 Å². The van der Waals surface area contributed by atoms with E-state index in [2.05, 4.69) is 6.07 Å². The number of nitrogens with two attached hydrogens (primary N) is 1. The van der Waals surface area contributed by atoms with Crippen molar-refractivity contribution in [2.24, 2.45) is 5.73 Å². The third kappa shape index (κ3) is 1.83. The van der Waals surface area contributed by atoms with E-state index in [1.807, 2.05) is 30.3 Å². The number of benzene rings is 1. The van der Waals surface area contributed by atoms with Crippen LogP contribution in [0.15, 0.2) is 47.1 Å². The Morgan fingerprint density at radius 2 is 2.06 bits per heavy atom. The largest absolute Gasteiger partial charge is 0.493 e. The summed E-state index contributed by atoms with van der Waals surface area (Å²) < 4.78 is 11.0. The van der Waals surface area contributed by atoms with Gasteiger partial charge in [0.15, 0.2) is 0 Å². The Kier molecular flexibility index (Phi) is 2.61. The van der Waals surface area contributed by atoms with Crippen LogP contribution in [0, 0.1) is 0 Å². The summed E-state index contributed by atoms with van der Waals surface area (Å²) in [4.78, 5) is 0. The maximum atomic E-state index is 6.28. The monoisotopic (exact) mass is 229 g/mol. The molecule has 2 aromatic rings. The number of ether oxygens (including phenoxy) is 1. The van der Waals surface area contributed by atoms with E-state index in [-0.39, 0.29) is 12.0 Å². The van der Waals surface area contributed by atoms with Gasteiger partial charge >= 0.3 is 0 Å². The van der Waals surface area contributed by atoms with Crippen molar-refractivity contribution in [1.29, 1.82) is 0 Å². The van der Waals surface area contributed by atoms with Crippen LogP contribution in [-0.4, -0.2) is 6.61 Å². The third-order valence-electron chi connectivity index (χ3n) is 3.31. The highest BCUT2D eigenvalue weighted by Crippen LogP contribution is 2.40. The van der Waals surface area contributed by atoms with E-state index in [1.54, 1.807) is 6.26 Å². The molecule has 3 heteroatoms. The topological polar surface area (TPSA) is 48.4 Å². The van der Waals surface area contributed by atoms with Crippen LogP contribution in [0.2, 0.25) is 0 Å². The number of fused-ring (bicyclic) bond motifs is 1. The van der Waals surface area contributed by atoms with Gasteiger partial charge in [0, 0.05) is 5.92 Å². The van der Waals surface area contributed by atoms with Crippen molar-refractivity contribution in [3.8, 4) is 5.75 Å². The van der Waals surface area contributed by atoms with Crippen molar-refractivity contribution in [3.05, 3.63) is 54.0 Å². The lowest BCUT2D eigenvalue weighted by molar-refractivity contribution is 0.249. The molecular weight excluding hydrogens is 214 g/mol. The van der Waals surface area contributed by atoms with Crippen molar-refractivity contribution >= 4 is 0 Å². The van der Waals surface area contributed by atoms with Crippen LogP contribution < -0.4 is 10.5 Å². The second-order valence-corrected chi connectivity index (χ2v) is 4.32. The average molecular weight is 229 g/mol. The van der Waals surface area contributed by atoms with Gasteiger partial charge in [-0.25, -0.2) is 0 Å². The van der Waals surface area contributed by atoms with Gasteiger partial charge in [0.2, 0.25) is 0 Å². The molecule has 0 aliphatic carbocycles. The fourth-order valence-electron chi connectivity index (χ4n) is 2.42. The van der Waals surface area contributed by atoms with Crippen LogP contribution in [0.25, 0.3) is 0 Å². The molecule has 1 aromatic heterocycles. The zero-order chi connectivity index (χ0) is 11.7. The van der Waals surface area contributed by atoms with Gasteiger partial charge in [0.25, 0.3) is 0 Å². The smallest absolute Gasteiger partial charge is 0.122 e. The van der Waals surface area contributed by atoms with Crippen molar-refractivity contribution in [2.75, 3.05) is 6.61 Å². The van der Waals surface area contributed by atoms with Gasteiger partial charge in [0.05, 0.1) is 18.9 Å². The standard InChI is InChI=1S/C14H15NO2/c15-14(13-6-3-8-16-13)11-7-9-17-12-5-2-1-4-10(11)12/h1-6,8,11,14H,7,9,15H2. The molecule has 1 aromatic carbocycles. The van der Waals surface area contributed by atoms with E-state index >= 15 is 0 Å². The molecule has 3 nitrogen and oxygen atoms in total. The summed E-state index contributed by atoms with van der Waals surface area (Å²) in [7, 11) is 0. The summed E-state index contributed by atoms with van der Waals surface area (Å²) in [6.45, 7) is 0.718. The van der Waals surface area contributed by atoms with E-state index < -0.39 is 0 Å². The van der Waals surface area contributed by atoms with Gasteiger partial charge in [-0.05, 0) is 30.2 Å². The molecule has 1 aliphatic heterocycles. The second kappa shape index (κ2) is 4.26. The molecule has 0 fully saturated rings. The highest BCUT2D eigenvalue weighted by molar-refractivity contribution is 5.39. The molecule has 2 atom stereocenters. The molecule has 1 aliphatic rings. The van der Waals surface area contributed by atoms with Gasteiger partial charge < -0.3 is 14.9 Å². The van der Waals surface area contributed by atoms with Crippen LogP contribution >= 0.6 is 0 Å². The van der Waals surface area contributed by atoms with Crippen molar-refractivity contribution in [1.82, 2.24) is 0 Å². The van der Waals surface area contributed by atoms with Gasteiger partial charge in [-0.2, -0.15) is 0 Å². The predicted molar refractivity (Wildman–Crippen MR) is 64.9 cm³/mol. The fourth-order valence-corrected chi connectivity index (χ4v) is 2.42. The lowest BCUT2D eigenvalue weighted by Crippen LogP contribution is -2.25. The molecule has 0 saturated heterocycles. The van der Waals surface area contributed by atoms with E-state index in [9.17, 15) is 0 Å². The predicted octanol–water partition coefficient (Wildman–Crippen LogP) is 2.85. The third-order valence-corrected chi connectivity index (χ3v) is 3.31. The summed E-state index contributed by atoms with van der Waals surface area (Å²) in [6, 6.07) is 11.8. The van der Waals surface area contributed by atoms with Crippen LogP contribution in [0.4, 0.5) is 0 Å². The van der Waals surface area contributed by atoms with Crippen LogP contribution in [-0.2, 0) is 0 Å². The minimum absolute atomic E-state index is 0.102. The summed E-state index contributed by atoms with van der Waals surface area (Å²) in [5.74, 6) is 2.06. The normalized spacial score (nSPS) is 20.4. The minimum Gasteiger partial charge on any atom is -0.493 e. The fraction of sp³-hybridized carbons (Fsp3) is 0.286. The van der Waals surface area contributed by atoms with Crippen molar-refractivity contribution in [3.63, 3.8) is 0 Å². The van der Waals surface area contributed by atoms with Crippen molar-refractivity contribution < 1.29 is 9.15 Å². The Hall–Kier alpha value is -1.74. The molecule has 0 bridgehead atoms. The molecular formula is C14H15NO2. The molecule has 3 rings (SSSR count). The van der Waals surface area contributed by atoms with Gasteiger partial charge in [0.1, 0.15) is 11.5 Å². The highest BCUT2D eigenvalue weighted by atomic mass is 16.5. The number of hydrogen-bond donors (Lipinski definition) is 1. The quantitative estimate of drug-likeness (QED) is 0.861. The summed E-state index contributed by atoms with van der Waals surface area (Å²) in [6.07, 6.45) is 2.60. The molecule has 17 heavy (non-hydrogen) atoms. The lowest BCUT2D eigenvalue weighted by atomic mass is 9.86. The molecule has 2 unspecified atom stereocenters. The van der Waals surface area contributed by atoms with Gasteiger partial charge in [-0.1, -0.05) is 18.2 Å². The minimum atomic E-state index is -0.102. The lowest BCUT2D eigenvalue weighted by Gasteiger charge is -2.29. The first-order chi connectivity index (χ1) is 8.36. The SMILES string of the molecule is NC(c1ccco1)C1CCOc2ccccc21. The Bertz CT molecular complexity index is 493. The number of rotatable bonds is 2. The van der Waals surface area contributed by atoms with Crippen LogP contribution in [0.1, 0.15) is 29.7 Å². The Morgan fingerprint density at radius 1 is 1.18 bits per heavy atom. The molecule has 0 radical (unpaired) electrons. The Morgan fingerprint density at radius 3 is 2.88 bits per heavy atom. The maximum absolute atomic E-state index is 6.28. The van der Waals surface area contributed by atoms with Crippen molar-refractivity contribution in [2.45, 2.75) is 18.4 Å². The number of furan rings is 1. The molecule has 88 valence electrons. The van der Waals surface area contributed by atoms with Gasteiger partial charge in [-0.15, -0.1) is 0 Å². The number of hydrogen-bond acceptors (Lipinski definition) is 3. The molecule has 2 heterocycles. The molecule has 0 amide bonds. The Balaban J connectivity index is 1.95. The Labute approximate surface area is 100 Å². The first-order valence-electron chi connectivity index (χ1n) is 5.87. The molecule has 0 spiro atoms. The number of para-hydroxylation sites is 1. The molecule has 2 N–H and O–H groups in total. The summed E-state index contributed by atoms with van der Waals surface area (Å²) in [5, 5.41) is 0. The zero-order valence-electron chi connectivity index (χ0n) is 9.50. The average Bonchev–Trinajstić information content (AvgIpc) is 2.91. The second-order valence-electron chi connectivity index (χ2n) is 4.32.